The van der Waals surface area contributed by atoms with Crippen LogP contribution in [0.1, 0.15) is 21.3 Å². The summed E-state index contributed by atoms with van der Waals surface area (Å²) in [5.74, 6) is -0.692. The smallest absolute Gasteiger partial charge is 0.290 e. The minimum atomic E-state index is -0.815. The van der Waals surface area contributed by atoms with Crippen molar-refractivity contribution >= 4 is 23.0 Å². The molecule has 1 aromatic heterocycles. The van der Waals surface area contributed by atoms with E-state index in [-0.39, 0.29) is 31.9 Å². The summed E-state index contributed by atoms with van der Waals surface area (Å²) in [6, 6.07) is 7.65. The van der Waals surface area contributed by atoms with Gasteiger partial charge in [-0.2, -0.15) is 0 Å². The highest BCUT2D eigenvalue weighted by Crippen LogP contribution is 2.41. The molecule has 0 saturated carbocycles. The normalized spacial score (nSPS) is 16.3. The van der Waals surface area contributed by atoms with Gasteiger partial charge in [-0.1, -0.05) is 12.1 Å². The predicted molar refractivity (Wildman–Crippen MR) is 110 cm³/mol. The number of carbonyl (C=O) groups excluding carboxylic acids is 2. The number of amides is 1. The Morgan fingerprint density at radius 3 is 2.57 bits per heavy atom. The molecule has 2 N–H and O–H groups in total. The van der Waals surface area contributed by atoms with Crippen LogP contribution in [0.2, 0.25) is 0 Å². The van der Waals surface area contributed by atoms with Crippen molar-refractivity contribution in [1.82, 2.24) is 4.90 Å². The molecular formula is C21H23NO7S. The predicted octanol–water partition coefficient (Wildman–Crippen LogP) is 2.35. The van der Waals surface area contributed by atoms with Gasteiger partial charge in [0.05, 0.1) is 50.5 Å². The van der Waals surface area contributed by atoms with Crippen molar-refractivity contribution in [3.05, 3.63) is 57.5 Å². The van der Waals surface area contributed by atoms with Crippen LogP contribution in [0.25, 0.3) is 0 Å². The molecule has 9 heteroatoms. The van der Waals surface area contributed by atoms with E-state index in [9.17, 15) is 14.7 Å². The number of aliphatic hydroxyl groups is 2. The quantitative estimate of drug-likeness (QED) is 0.438. The van der Waals surface area contributed by atoms with Gasteiger partial charge in [-0.05, 0) is 29.1 Å². The first-order valence-electron chi connectivity index (χ1n) is 9.26. The molecule has 0 bridgehead atoms. The molecule has 1 aliphatic heterocycles. The number of hydrogen-bond donors (Lipinski definition) is 2. The molecular weight excluding hydrogens is 410 g/mol. The second-order valence-electron chi connectivity index (χ2n) is 6.42. The highest BCUT2D eigenvalue weighted by atomic mass is 32.1. The van der Waals surface area contributed by atoms with E-state index in [1.807, 2.05) is 0 Å². The number of benzene rings is 1. The zero-order chi connectivity index (χ0) is 21.7. The number of rotatable bonds is 10. The Hall–Kier alpha value is -2.88. The van der Waals surface area contributed by atoms with Crippen LogP contribution >= 0.6 is 11.3 Å². The van der Waals surface area contributed by atoms with Gasteiger partial charge in [-0.15, -0.1) is 11.3 Å². The lowest BCUT2D eigenvalue weighted by Crippen LogP contribution is -2.34. The first-order chi connectivity index (χ1) is 14.5. The molecule has 1 aliphatic rings. The molecule has 0 radical (unpaired) electrons. The topological polar surface area (TPSA) is 106 Å². The standard InChI is InChI=1S/C21H23NO7S/c1-27-14-6-5-13(12-15(14)28-2)18-17(19(24)16-4-3-11-30-16)20(25)21(26)22(18)7-9-29-10-8-23/h3-6,11-12,18,23,25H,7-10H2,1-2H3/t18-/m1/s1. The molecule has 0 spiro atoms. The van der Waals surface area contributed by atoms with Crippen LogP contribution in [0.4, 0.5) is 0 Å². The Balaban J connectivity index is 2.03. The molecule has 1 aromatic carbocycles. The largest absolute Gasteiger partial charge is 0.503 e. The van der Waals surface area contributed by atoms with Gasteiger partial charge < -0.3 is 29.3 Å². The highest BCUT2D eigenvalue weighted by Gasteiger charge is 2.44. The SMILES string of the molecule is COc1ccc([C@@H]2C(C(=O)c3cccs3)=C(O)C(=O)N2CCOCCO)cc1OC. The molecule has 8 nitrogen and oxygen atoms in total. The molecule has 0 aliphatic carbocycles. The van der Waals surface area contributed by atoms with Crippen molar-refractivity contribution < 1.29 is 34.0 Å². The second kappa shape index (κ2) is 9.75. The summed E-state index contributed by atoms with van der Waals surface area (Å²) in [6.45, 7) is 0.259. The third-order valence-electron chi connectivity index (χ3n) is 4.73. The van der Waals surface area contributed by atoms with Crippen molar-refractivity contribution in [2.45, 2.75) is 6.04 Å². The molecule has 0 fully saturated rings. The number of ketones is 1. The Labute approximate surface area is 177 Å². The maximum atomic E-state index is 13.1. The molecule has 30 heavy (non-hydrogen) atoms. The first kappa shape index (κ1) is 21.8. The maximum absolute atomic E-state index is 13.1. The fourth-order valence-electron chi connectivity index (χ4n) is 3.36. The number of carbonyl (C=O) groups is 2. The van der Waals surface area contributed by atoms with E-state index in [1.54, 1.807) is 35.7 Å². The van der Waals surface area contributed by atoms with E-state index in [4.69, 9.17) is 19.3 Å². The van der Waals surface area contributed by atoms with E-state index >= 15 is 0 Å². The Bertz CT molecular complexity index is 939. The molecule has 0 unspecified atom stereocenters. The molecule has 160 valence electrons. The lowest BCUT2D eigenvalue weighted by molar-refractivity contribution is -0.130. The highest BCUT2D eigenvalue weighted by molar-refractivity contribution is 7.12. The number of thiophene rings is 1. The summed E-state index contributed by atoms with van der Waals surface area (Å²) in [5, 5.41) is 21.2. The molecule has 2 aromatic rings. The second-order valence-corrected chi connectivity index (χ2v) is 7.37. The minimum absolute atomic E-state index is 0.0110. The summed E-state index contributed by atoms with van der Waals surface area (Å²) in [7, 11) is 3.01. The van der Waals surface area contributed by atoms with E-state index in [2.05, 4.69) is 0 Å². The fourth-order valence-corrected chi connectivity index (χ4v) is 4.03. The molecule has 1 atom stereocenters. The number of hydrogen-bond acceptors (Lipinski definition) is 8. The van der Waals surface area contributed by atoms with Crippen LogP contribution in [-0.2, 0) is 9.53 Å². The van der Waals surface area contributed by atoms with Gasteiger partial charge in [0, 0.05) is 6.54 Å². The van der Waals surface area contributed by atoms with Crippen LogP contribution < -0.4 is 9.47 Å². The van der Waals surface area contributed by atoms with E-state index in [0.29, 0.717) is 21.9 Å². The number of methoxy groups -OCH3 is 2. The van der Waals surface area contributed by atoms with Crippen LogP contribution in [0, 0.1) is 0 Å². The van der Waals surface area contributed by atoms with Gasteiger partial charge >= 0.3 is 0 Å². The maximum Gasteiger partial charge on any atom is 0.290 e. The molecule has 3 rings (SSSR count). The zero-order valence-corrected chi connectivity index (χ0v) is 17.5. The van der Waals surface area contributed by atoms with Crippen molar-refractivity contribution in [2.75, 3.05) is 40.6 Å². The van der Waals surface area contributed by atoms with Crippen LogP contribution in [0.5, 0.6) is 11.5 Å². The third kappa shape index (κ3) is 4.18. The first-order valence-corrected chi connectivity index (χ1v) is 10.1. The van der Waals surface area contributed by atoms with Gasteiger partial charge in [0.25, 0.3) is 5.91 Å². The molecule has 1 amide bonds. The van der Waals surface area contributed by atoms with Crippen molar-refractivity contribution in [3.63, 3.8) is 0 Å². The van der Waals surface area contributed by atoms with Crippen molar-refractivity contribution in [3.8, 4) is 11.5 Å². The average Bonchev–Trinajstić information content (AvgIpc) is 3.38. The lowest BCUT2D eigenvalue weighted by Gasteiger charge is -2.27. The Morgan fingerprint density at radius 1 is 1.17 bits per heavy atom. The van der Waals surface area contributed by atoms with Crippen LogP contribution in [0.3, 0.4) is 0 Å². The lowest BCUT2D eigenvalue weighted by atomic mass is 9.95. The van der Waals surface area contributed by atoms with E-state index < -0.39 is 23.5 Å². The Kier molecular flexibility index (Phi) is 7.09. The van der Waals surface area contributed by atoms with Crippen molar-refractivity contribution in [1.29, 1.82) is 0 Å². The monoisotopic (exact) mass is 433 g/mol. The van der Waals surface area contributed by atoms with Gasteiger partial charge in [-0.25, -0.2) is 0 Å². The zero-order valence-electron chi connectivity index (χ0n) is 16.7. The Morgan fingerprint density at radius 2 is 1.93 bits per heavy atom. The van der Waals surface area contributed by atoms with Crippen LogP contribution in [-0.4, -0.2) is 67.4 Å². The number of nitrogens with zero attached hydrogens (tertiary/aromatic N) is 1. The summed E-state index contributed by atoms with van der Waals surface area (Å²) >= 11 is 1.24. The van der Waals surface area contributed by atoms with E-state index in [0.717, 1.165) is 0 Å². The third-order valence-corrected chi connectivity index (χ3v) is 5.60. The summed E-state index contributed by atoms with van der Waals surface area (Å²) in [4.78, 5) is 27.8. The van der Waals surface area contributed by atoms with Gasteiger partial charge in [0.15, 0.2) is 17.3 Å². The number of ether oxygens (including phenoxy) is 3. The summed E-state index contributed by atoms with van der Waals surface area (Å²) < 4.78 is 15.9. The van der Waals surface area contributed by atoms with Gasteiger partial charge in [0.1, 0.15) is 0 Å². The fraction of sp³-hybridized carbons (Fsp3) is 0.333. The van der Waals surface area contributed by atoms with Crippen molar-refractivity contribution in [2.24, 2.45) is 0 Å². The minimum Gasteiger partial charge on any atom is -0.503 e. The average molecular weight is 433 g/mol. The summed E-state index contributed by atoms with van der Waals surface area (Å²) in [5.41, 5.74) is 0.601. The molecule has 2 heterocycles. The van der Waals surface area contributed by atoms with Gasteiger partial charge in [-0.3, -0.25) is 9.59 Å². The van der Waals surface area contributed by atoms with Gasteiger partial charge in [0.2, 0.25) is 5.78 Å². The number of Topliss-reactive ketones (excluding diaryl/α,β-unsaturated/α-hetero) is 1. The van der Waals surface area contributed by atoms with E-state index in [1.165, 1.54) is 30.5 Å². The number of aliphatic hydroxyl groups excluding tert-OH is 2. The summed E-state index contributed by atoms with van der Waals surface area (Å²) in [6.07, 6.45) is 0. The van der Waals surface area contributed by atoms with Crippen LogP contribution in [0.15, 0.2) is 47.0 Å². The molecule has 0 saturated heterocycles.